The molecule has 20 heavy (non-hydrogen) atoms. The predicted molar refractivity (Wildman–Crippen MR) is 76.6 cm³/mol. The monoisotopic (exact) mass is 271 g/mol. The number of nitrogens with zero attached hydrogens (tertiary/aromatic N) is 1. The molecule has 0 saturated carbocycles. The SMILES string of the molecule is Cc1ccc(NC(=O)c2ccc([N+](=O)[O-])cc2)c(N)c1. The molecular weight excluding hydrogens is 258 g/mol. The lowest BCUT2D eigenvalue weighted by Gasteiger charge is -2.08. The maximum atomic E-state index is 12.0. The molecule has 6 heteroatoms. The summed E-state index contributed by atoms with van der Waals surface area (Å²) < 4.78 is 0. The molecule has 0 saturated heterocycles. The summed E-state index contributed by atoms with van der Waals surface area (Å²) in [5, 5.41) is 13.2. The van der Waals surface area contributed by atoms with Crippen LogP contribution in [0.3, 0.4) is 0 Å². The van der Waals surface area contributed by atoms with Gasteiger partial charge in [-0.3, -0.25) is 14.9 Å². The fraction of sp³-hybridized carbons (Fsp3) is 0.0714. The van der Waals surface area contributed by atoms with Crippen LogP contribution in [0, 0.1) is 17.0 Å². The average molecular weight is 271 g/mol. The van der Waals surface area contributed by atoms with Gasteiger partial charge in [0.1, 0.15) is 0 Å². The van der Waals surface area contributed by atoms with Crippen LogP contribution >= 0.6 is 0 Å². The van der Waals surface area contributed by atoms with Crippen molar-refractivity contribution in [2.75, 3.05) is 11.1 Å². The van der Waals surface area contributed by atoms with E-state index in [0.717, 1.165) is 5.56 Å². The number of nitro groups is 1. The summed E-state index contributed by atoms with van der Waals surface area (Å²) in [5.74, 6) is -0.365. The van der Waals surface area contributed by atoms with Crippen LogP contribution in [0.25, 0.3) is 0 Å². The van der Waals surface area contributed by atoms with Gasteiger partial charge in [-0.1, -0.05) is 6.07 Å². The van der Waals surface area contributed by atoms with E-state index < -0.39 is 4.92 Å². The Labute approximate surface area is 115 Å². The molecule has 2 aromatic rings. The first-order valence-electron chi connectivity index (χ1n) is 5.89. The molecule has 6 nitrogen and oxygen atoms in total. The Balaban J connectivity index is 2.17. The number of nitrogens with one attached hydrogen (secondary N) is 1. The second-order valence-corrected chi connectivity index (χ2v) is 4.35. The number of nitrogen functional groups attached to an aromatic ring is 1. The summed E-state index contributed by atoms with van der Waals surface area (Å²) in [6.07, 6.45) is 0. The van der Waals surface area contributed by atoms with Crippen LogP contribution in [-0.2, 0) is 0 Å². The van der Waals surface area contributed by atoms with E-state index >= 15 is 0 Å². The number of carbonyl (C=O) groups excluding carboxylic acids is 1. The van der Waals surface area contributed by atoms with Crippen LogP contribution in [0.1, 0.15) is 15.9 Å². The number of nitrogens with two attached hydrogens (primary N) is 1. The minimum Gasteiger partial charge on any atom is -0.397 e. The Morgan fingerprint density at radius 3 is 2.40 bits per heavy atom. The van der Waals surface area contributed by atoms with Gasteiger partial charge in [0.05, 0.1) is 16.3 Å². The molecule has 0 aliphatic rings. The standard InChI is InChI=1S/C14H13N3O3/c1-9-2-7-13(12(15)8-9)16-14(18)10-3-5-11(6-4-10)17(19)20/h2-8H,15H2,1H3,(H,16,18). The van der Waals surface area contributed by atoms with Crippen LogP contribution in [-0.4, -0.2) is 10.8 Å². The van der Waals surface area contributed by atoms with Gasteiger partial charge in [0.15, 0.2) is 0 Å². The number of anilines is 2. The summed E-state index contributed by atoms with van der Waals surface area (Å²) in [5.41, 5.74) is 8.06. The van der Waals surface area contributed by atoms with E-state index in [1.807, 2.05) is 13.0 Å². The van der Waals surface area contributed by atoms with Gasteiger partial charge in [-0.05, 0) is 36.8 Å². The lowest BCUT2D eigenvalue weighted by Crippen LogP contribution is -2.13. The molecule has 0 spiro atoms. The molecule has 0 heterocycles. The largest absolute Gasteiger partial charge is 0.397 e. The lowest BCUT2D eigenvalue weighted by atomic mass is 10.1. The van der Waals surface area contributed by atoms with Crippen molar-refractivity contribution in [3.63, 3.8) is 0 Å². The first-order chi connectivity index (χ1) is 9.47. The van der Waals surface area contributed by atoms with Gasteiger partial charge in [0, 0.05) is 17.7 Å². The smallest absolute Gasteiger partial charge is 0.269 e. The third kappa shape index (κ3) is 2.92. The summed E-state index contributed by atoms with van der Waals surface area (Å²) in [4.78, 5) is 22.0. The first-order valence-corrected chi connectivity index (χ1v) is 5.89. The Bertz CT molecular complexity index is 666. The molecule has 0 unspecified atom stereocenters. The highest BCUT2D eigenvalue weighted by Gasteiger charge is 2.10. The minimum atomic E-state index is -0.514. The molecule has 0 aromatic heterocycles. The number of nitro benzene ring substituents is 1. The van der Waals surface area contributed by atoms with Crippen LogP contribution in [0.4, 0.5) is 17.1 Å². The molecule has 0 fully saturated rings. The summed E-state index contributed by atoms with van der Waals surface area (Å²) in [6.45, 7) is 1.90. The van der Waals surface area contributed by atoms with Gasteiger partial charge in [-0.15, -0.1) is 0 Å². The Hall–Kier alpha value is -2.89. The van der Waals surface area contributed by atoms with Gasteiger partial charge in [0.2, 0.25) is 0 Å². The van der Waals surface area contributed by atoms with Gasteiger partial charge in [-0.2, -0.15) is 0 Å². The fourth-order valence-electron chi connectivity index (χ4n) is 1.72. The maximum Gasteiger partial charge on any atom is 0.269 e. The maximum absolute atomic E-state index is 12.0. The number of non-ortho nitro benzene ring substituents is 1. The van der Waals surface area contributed by atoms with Gasteiger partial charge in [-0.25, -0.2) is 0 Å². The van der Waals surface area contributed by atoms with Crippen molar-refractivity contribution < 1.29 is 9.72 Å². The topological polar surface area (TPSA) is 98.3 Å². The molecule has 0 aliphatic heterocycles. The van der Waals surface area contributed by atoms with Gasteiger partial charge >= 0.3 is 0 Å². The number of aryl methyl sites for hydroxylation is 1. The molecule has 0 atom stereocenters. The van der Waals surface area contributed by atoms with Crippen molar-refractivity contribution in [3.8, 4) is 0 Å². The minimum absolute atomic E-state index is 0.0589. The molecule has 0 bridgehead atoms. The van der Waals surface area contributed by atoms with E-state index in [2.05, 4.69) is 5.32 Å². The molecule has 102 valence electrons. The molecule has 0 radical (unpaired) electrons. The summed E-state index contributed by atoms with van der Waals surface area (Å²) >= 11 is 0. The zero-order valence-corrected chi connectivity index (χ0v) is 10.8. The summed E-state index contributed by atoms with van der Waals surface area (Å²) in [7, 11) is 0. The van der Waals surface area contributed by atoms with Crippen molar-refractivity contribution in [1.29, 1.82) is 0 Å². The number of carbonyl (C=O) groups is 1. The van der Waals surface area contributed by atoms with Crippen LogP contribution < -0.4 is 11.1 Å². The van der Waals surface area contributed by atoms with E-state index in [1.54, 1.807) is 12.1 Å². The highest BCUT2D eigenvalue weighted by atomic mass is 16.6. The number of rotatable bonds is 3. The van der Waals surface area contributed by atoms with Gasteiger partial charge in [0.25, 0.3) is 11.6 Å². The third-order valence-electron chi connectivity index (χ3n) is 2.80. The second-order valence-electron chi connectivity index (χ2n) is 4.35. The second kappa shape index (κ2) is 5.40. The summed E-state index contributed by atoms with van der Waals surface area (Å²) in [6, 6.07) is 10.7. The van der Waals surface area contributed by atoms with E-state index in [1.165, 1.54) is 24.3 Å². The predicted octanol–water partition coefficient (Wildman–Crippen LogP) is 2.74. The zero-order valence-electron chi connectivity index (χ0n) is 10.8. The molecule has 0 aliphatic carbocycles. The first kappa shape index (κ1) is 13.5. The van der Waals surface area contributed by atoms with Crippen molar-refractivity contribution in [1.82, 2.24) is 0 Å². The highest BCUT2D eigenvalue weighted by molar-refractivity contribution is 6.05. The van der Waals surface area contributed by atoms with Crippen molar-refractivity contribution in [2.24, 2.45) is 0 Å². The van der Waals surface area contributed by atoms with Crippen LogP contribution in [0.15, 0.2) is 42.5 Å². The van der Waals surface area contributed by atoms with Crippen molar-refractivity contribution in [3.05, 3.63) is 63.7 Å². The zero-order chi connectivity index (χ0) is 14.7. The third-order valence-corrected chi connectivity index (χ3v) is 2.80. The van der Waals surface area contributed by atoms with Crippen LogP contribution in [0.5, 0.6) is 0 Å². The number of hydrogen-bond acceptors (Lipinski definition) is 4. The lowest BCUT2D eigenvalue weighted by molar-refractivity contribution is -0.384. The molecule has 1 amide bonds. The van der Waals surface area contributed by atoms with E-state index in [4.69, 9.17) is 5.73 Å². The fourth-order valence-corrected chi connectivity index (χ4v) is 1.72. The highest BCUT2D eigenvalue weighted by Crippen LogP contribution is 2.20. The Morgan fingerprint density at radius 2 is 1.85 bits per heavy atom. The van der Waals surface area contributed by atoms with E-state index in [0.29, 0.717) is 16.9 Å². The molecule has 2 rings (SSSR count). The van der Waals surface area contributed by atoms with E-state index in [-0.39, 0.29) is 11.6 Å². The number of hydrogen-bond donors (Lipinski definition) is 2. The molecular formula is C14H13N3O3. The Kier molecular flexibility index (Phi) is 3.65. The van der Waals surface area contributed by atoms with Crippen molar-refractivity contribution >= 4 is 23.0 Å². The Morgan fingerprint density at radius 1 is 1.20 bits per heavy atom. The molecule has 3 N–H and O–H groups in total. The van der Waals surface area contributed by atoms with Crippen molar-refractivity contribution in [2.45, 2.75) is 6.92 Å². The average Bonchev–Trinajstić information content (AvgIpc) is 2.42. The number of amides is 1. The van der Waals surface area contributed by atoms with Gasteiger partial charge < -0.3 is 11.1 Å². The number of benzene rings is 2. The normalized spacial score (nSPS) is 10.1. The van der Waals surface area contributed by atoms with E-state index in [9.17, 15) is 14.9 Å². The molecule has 2 aromatic carbocycles. The van der Waals surface area contributed by atoms with Crippen LogP contribution in [0.2, 0.25) is 0 Å². The quantitative estimate of drug-likeness (QED) is 0.509.